The average Bonchev–Trinajstić information content (AvgIpc) is 3.67. The standard InChI is InChI=1S/C28H31N5O2/c1-18(2)14-23-16-31-17-25(32-23)33-26(30-3)24(15-29)21-6-4-19(5-7-21)20-8-10-22(11-9-20)28(12-13-28)27(34)35/h4-11,15-18H,12-14,29H2,1-3H3,(H,34,35)(H,30,32,33). The van der Waals surface area contributed by atoms with Gasteiger partial charge in [-0.1, -0.05) is 62.4 Å². The maximum Gasteiger partial charge on any atom is 0.314 e. The van der Waals surface area contributed by atoms with Crippen molar-refractivity contribution in [1.29, 1.82) is 0 Å². The van der Waals surface area contributed by atoms with E-state index in [4.69, 9.17) is 5.73 Å². The van der Waals surface area contributed by atoms with Crippen molar-refractivity contribution in [3.8, 4) is 11.1 Å². The van der Waals surface area contributed by atoms with Gasteiger partial charge in [0.15, 0.2) is 0 Å². The number of hydrogen-bond donors (Lipinski definition) is 3. The van der Waals surface area contributed by atoms with Crippen LogP contribution in [0.5, 0.6) is 0 Å². The summed E-state index contributed by atoms with van der Waals surface area (Å²) in [7, 11) is 1.71. The largest absolute Gasteiger partial charge is 0.481 e. The molecule has 1 heterocycles. The van der Waals surface area contributed by atoms with Crippen molar-refractivity contribution in [2.24, 2.45) is 16.6 Å². The molecule has 0 aliphatic heterocycles. The second kappa shape index (κ2) is 10.1. The number of amidine groups is 1. The van der Waals surface area contributed by atoms with Crippen LogP contribution in [0.1, 0.15) is 43.5 Å². The van der Waals surface area contributed by atoms with Gasteiger partial charge in [0.05, 0.1) is 17.3 Å². The van der Waals surface area contributed by atoms with E-state index in [1.807, 2.05) is 48.5 Å². The predicted molar refractivity (Wildman–Crippen MR) is 140 cm³/mol. The minimum Gasteiger partial charge on any atom is -0.481 e. The van der Waals surface area contributed by atoms with Gasteiger partial charge in [0.25, 0.3) is 0 Å². The van der Waals surface area contributed by atoms with E-state index >= 15 is 0 Å². The summed E-state index contributed by atoms with van der Waals surface area (Å²) in [6, 6.07) is 15.9. The number of anilines is 1. The lowest BCUT2D eigenvalue weighted by atomic mass is 9.93. The molecular formula is C28H31N5O2. The topological polar surface area (TPSA) is 113 Å². The molecule has 1 aliphatic rings. The second-order valence-electron chi connectivity index (χ2n) is 9.31. The molecule has 7 nitrogen and oxygen atoms in total. The summed E-state index contributed by atoms with van der Waals surface area (Å²) in [5.74, 6) is 0.967. The van der Waals surface area contributed by atoms with E-state index in [0.717, 1.165) is 39.9 Å². The van der Waals surface area contributed by atoms with Crippen molar-refractivity contribution in [3.63, 3.8) is 0 Å². The van der Waals surface area contributed by atoms with E-state index in [9.17, 15) is 9.90 Å². The molecule has 0 unspecified atom stereocenters. The number of aliphatic carboxylic acids is 1. The van der Waals surface area contributed by atoms with Crippen molar-refractivity contribution in [2.75, 3.05) is 12.4 Å². The fourth-order valence-corrected chi connectivity index (χ4v) is 4.24. The third-order valence-electron chi connectivity index (χ3n) is 6.32. The van der Waals surface area contributed by atoms with Crippen LogP contribution in [-0.4, -0.2) is 33.9 Å². The molecule has 1 saturated carbocycles. The molecule has 35 heavy (non-hydrogen) atoms. The van der Waals surface area contributed by atoms with Crippen LogP contribution in [0.3, 0.4) is 0 Å². The van der Waals surface area contributed by atoms with Crippen molar-refractivity contribution in [2.45, 2.75) is 38.5 Å². The van der Waals surface area contributed by atoms with E-state index in [2.05, 4.69) is 34.1 Å². The Morgan fingerprint density at radius 3 is 2.26 bits per heavy atom. The Morgan fingerprint density at radius 1 is 1.11 bits per heavy atom. The lowest BCUT2D eigenvalue weighted by molar-refractivity contribution is -0.140. The van der Waals surface area contributed by atoms with Gasteiger partial charge in [0.2, 0.25) is 0 Å². The van der Waals surface area contributed by atoms with E-state index < -0.39 is 11.4 Å². The van der Waals surface area contributed by atoms with Gasteiger partial charge in [-0.2, -0.15) is 0 Å². The number of hydrogen-bond acceptors (Lipinski definition) is 5. The van der Waals surface area contributed by atoms with Crippen molar-refractivity contribution in [1.82, 2.24) is 9.97 Å². The van der Waals surface area contributed by atoms with Crippen LogP contribution in [-0.2, 0) is 16.6 Å². The molecule has 0 spiro atoms. The zero-order valence-corrected chi connectivity index (χ0v) is 20.3. The summed E-state index contributed by atoms with van der Waals surface area (Å²) in [4.78, 5) is 24.9. The summed E-state index contributed by atoms with van der Waals surface area (Å²) in [6.45, 7) is 4.29. The lowest BCUT2D eigenvalue weighted by Gasteiger charge is -2.14. The van der Waals surface area contributed by atoms with Crippen LogP contribution in [0.15, 0.2) is 72.1 Å². The molecule has 7 heteroatoms. The van der Waals surface area contributed by atoms with Crippen molar-refractivity contribution < 1.29 is 9.90 Å². The summed E-state index contributed by atoms with van der Waals surface area (Å²) in [5.41, 5.74) is 10.8. The highest BCUT2D eigenvalue weighted by atomic mass is 16.4. The van der Waals surface area contributed by atoms with Gasteiger partial charge in [0.1, 0.15) is 11.7 Å². The third kappa shape index (κ3) is 5.24. The van der Waals surface area contributed by atoms with E-state index in [1.165, 1.54) is 6.20 Å². The first-order valence-electron chi connectivity index (χ1n) is 11.8. The van der Waals surface area contributed by atoms with Crippen LogP contribution in [0.25, 0.3) is 16.7 Å². The number of nitrogens with zero attached hydrogens (tertiary/aromatic N) is 3. The summed E-state index contributed by atoms with van der Waals surface area (Å²) < 4.78 is 0. The highest BCUT2D eigenvalue weighted by Crippen LogP contribution is 2.48. The Labute approximate surface area is 205 Å². The molecule has 1 fully saturated rings. The fourth-order valence-electron chi connectivity index (χ4n) is 4.24. The number of nitrogens with one attached hydrogen (secondary N) is 1. The quantitative estimate of drug-likeness (QED) is 0.319. The van der Waals surface area contributed by atoms with Crippen LogP contribution >= 0.6 is 0 Å². The van der Waals surface area contributed by atoms with Crippen LogP contribution in [0.4, 0.5) is 5.82 Å². The highest BCUT2D eigenvalue weighted by molar-refractivity contribution is 6.28. The molecule has 3 aromatic rings. The molecular weight excluding hydrogens is 438 g/mol. The minimum atomic E-state index is -0.740. The Bertz CT molecular complexity index is 1260. The van der Waals surface area contributed by atoms with Gasteiger partial charge < -0.3 is 16.2 Å². The van der Waals surface area contributed by atoms with Gasteiger partial charge >= 0.3 is 5.97 Å². The second-order valence-corrected chi connectivity index (χ2v) is 9.31. The third-order valence-corrected chi connectivity index (χ3v) is 6.32. The van der Waals surface area contributed by atoms with Gasteiger partial charge in [-0.05, 0) is 47.4 Å². The Morgan fingerprint density at radius 2 is 1.74 bits per heavy atom. The lowest BCUT2D eigenvalue weighted by Crippen LogP contribution is -2.19. The van der Waals surface area contributed by atoms with Gasteiger partial charge in [0, 0.05) is 25.0 Å². The van der Waals surface area contributed by atoms with Crippen LogP contribution < -0.4 is 11.1 Å². The molecule has 180 valence electrons. The first kappa shape index (κ1) is 24.1. The first-order valence-corrected chi connectivity index (χ1v) is 11.8. The molecule has 0 amide bonds. The number of aliphatic imine (C=N–C) groups is 1. The van der Waals surface area contributed by atoms with Crippen molar-refractivity contribution in [3.05, 3.63) is 83.9 Å². The van der Waals surface area contributed by atoms with Crippen molar-refractivity contribution >= 4 is 23.2 Å². The summed E-state index contributed by atoms with van der Waals surface area (Å²) in [5, 5.41) is 12.8. The van der Waals surface area contributed by atoms with Gasteiger partial charge in [-0.15, -0.1) is 0 Å². The molecule has 4 N–H and O–H groups in total. The van der Waals surface area contributed by atoms with E-state index in [0.29, 0.717) is 30.4 Å². The number of aromatic nitrogens is 2. The zero-order valence-electron chi connectivity index (χ0n) is 20.3. The predicted octanol–water partition coefficient (Wildman–Crippen LogP) is 4.90. The normalized spacial score (nSPS) is 15.2. The number of carbonyl (C=O) groups is 1. The average molecular weight is 470 g/mol. The van der Waals surface area contributed by atoms with E-state index in [-0.39, 0.29) is 0 Å². The Hall–Kier alpha value is -4.00. The molecule has 0 radical (unpaired) electrons. The minimum absolute atomic E-state index is 0.486. The summed E-state index contributed by atoms with van der Waals surface area (Å²) >= 11 is 0. The van der Waals surface area contributed by atoms with Gasteiger partial charge in [-0.25, -0.2) is 4.98 Å². The van der Waals surface area contributed by atoms with E-state index in [1.54, 1.807) is 19.4 Å². The number of carboxylic acids is 1. The SMILES string of the molecule is CN=C(Nc1cncc(CC(C)C)n1)C(=CN)c1ccc(-c2ccc(C3(C(=O)O)CC3)cc2)cc1. The monoisotopic (exact) mass is 469 g/mol. The number of carboxylic acid groups (broad SMARTS) is 1. The smallest absolute Gasteiger partial charge is 0.314 e. The molecule has 0 bridgehead atoms. The van der Waals surface area contributed by atoms with Gasteiger partial charge in [-0.3, -0.25) is 14.8 Å². The molecule has 0 atom stereocenters. The molecule has 4 rings (SSSR count). The fraction of sp³-hybridized carbons (Fsp3) is 0.286. The molecule has 1 aromatic heterocycles. The van der Waals surface area contributed by atoms with Crippen LogP contribution in [0.2, 0.25) is 0 Å². The first-order chi connectivity index (χ1) is 16.9. The molecule has 1 aliphatic carbocycles. The molecule has 2 aromatic carbocycles. The Balaban J connectivity index is 1.51. The number of benzene rings is 2. The maximum absolute atomic E-state index is 11.6. The van der Waals surface area contributed by atoms with Crippen LogP contribution in [0, 0.1) is 5.92 Å². The highest BCUT2D eigenvalue weighted by Gasteiger charge is 2.51. The molecule has 0 saturated heterocycles. The zero-order chi connectivity index (χ0) is 25.0. The number of nitrogens with two attached hydrogens (primary N) is 1. The number of rotatable bonds is 8. The Kier molecular flexibility index (Phi) is 6.96. The summed E-state index contributed by atoms with van der Waals surface area (Å²) in [6.07, 6.45) is 7.24. The maximum atomic E-state index is 11.6.